The Morgan fingerprint density at radius 2 is 1.47 bits per heavy atom. The highest BCUT2D eigenvalue weighted by Gasteiger charge is 2.30. The van der Waals surface area contributed by atoms with Gasteiger partial charge in [0.2, 0.25) is 11.8 Å². The zero-order chi connectivity index (χ0) is 26.9. The first-order valence-corrected chi connectivity index (χ1v) is 13.5. The molecule has 4 heteroatoms. The Bertz CT molecular complexity index is 1340. The number of amides is 2. The van der Waals surface area contributed by atoms with Crippen molar-refractivity contribution in [2.45, 2.75) is 52.6 Å². The summed E-state index contributed by atoms with van der Waals surface area (Å²) in [6, 6.07) is 32.1. The van der Waals surface area contributed by atoms with Crippen LogP contribution in [0.1, 0.15) is 42.5 Å². The lowest BCUT2D eigenvalue weighted by Crippen LogP contribution is -2.51. The standard InChI is InChI=1S/C34H38N2O2/c1-25(2)23-35-34(38)32(22-27-10-5-4-6-11-27)36(24-28-18-16-26(3)17-19-28)33(37)21-20-30-14-9-13-29-12-7-8-15-31(29)30/h4-19,25,32H,20-24H2,1-3H3,(H,35,38)/t32-/m0/s1. The molecule has 0 spiro atoms. The van der Waals surface area contributed by atoms with Crippen LogP contribution in [0.3, 0.4) is 0 Å². The molecule has 0 aromatic heterocycles. The Hall–Kier alpha value is -3.92. The van der Waals surface area contributed by atoms with Crippen LogP contribution < -0.4 is 5.32 Å². The highest BCUT2D eigenvalue weighted by atomic mass is 16.2. The van der Waals surface area contributed by atoms with E-state index in [1.807, 2.05) is 60.7 Å². The molecule has 0 saturated carbocycles. The molecular formula is C34H38N2O2. The van der Waals surface area contributed by atoms with Gasteiger partial charge in [-0.15, -0.1) is 0 Å². The van der Waals surface area contributed by atoms with Crippen LogP contribution >= 0.6 is 0 Å². The predicted octanol–water partition coefficient (Wildman–Crippen LogP) is 6.49. The minimum atomic E-state index is -0.600. The maximum atomic E-state index is 13.9. The number of aryl methyl sites for hydroxylation is 2. The van der Waals surface area contributed by atoms with Gasteiger partial charge in [0, 0.05) is 25.9 Å². The number of nitrogens with one attached hydrogen (secondary N) is 1. The highest BCUT2D eigenvalue weighted by molar-refractivity contribution is 5.89. The minimum absolute atomic E-state index is 0.0147. The van der Waals surface area contributed by atoms with Crippen LogP contribution in [-0.4, -0.2) is 29.3 Å². The zero-order valence-electron chi connectivity index (χ0n) is 22.7. The summed E-state index contributed by atoms with van der Waals surface area (Å²) in [6.45, 7) is 7.17. The summed E-state index contributed by atoms with van der Waals surface area (Å²) in [5.41, 5.74) is 4.37. The molecule has 2 amide bonds. The van der Waals surface area contributed by atoms with Crippen molar-refractivity contribution in [3.8, 4) is 0 Å². The molecule has 0 saturated heterocycles. The van der Waals surface area contributed by atoms with Crippen LogP contribution in [-0.2, 0) is 29.0 Å². The smallest absolute Gasteiger partial charge is 0.243 e. The summed E-state index contributed by atoms with van der Waals surface area (Å²) in [7, 11) is 0. The minimum Gasteiger partial charge on any atom is -0.354 e. The molecule has 4 aromatic rings. The maximum Gasteiger partial charge on any atom is 0.243 e. The Labute approximate surface area is 226 Å². The second-order valence-corrected chi connectivity index (χ2v) is 10.5. The monoisotopic (exact) mass is 506 g/mol. The molecular weight excluding hydrogens is 468 g/mol. The van der Waals surface area contributed by atoms with E-state index in [0.717, 1.165) is 22.3 Å². The molecule has 1 N–H and O–H groups in total. The van der Waals surface area contributed by atoms with Crippen LogP contribution in [0.5, 0.6) is 0 Å². The van der Waals surface area contributed by atoms with Gasteiger partial charge in [-0.05, 0) is 46.7 Å². The van der Waals surface area contributed by atoms with E-state index < -0.39 is 6.04 Å². The second kappa shape index (κ2) is 13.0. The molecule has 0 aliphatic carbocycles. The number of carbonyl (C=O) groups excluding carboxylic acids is 2. The SMILES string of the molecule is Cc1ccc(CN(C(=O)CCc2cccc3ccccc23)[C@@H](Cc2ccccc2)C(=O)NCC(C)C)cc1. The third-order valence-corrected chi connectivity index (χ3v) is 6.92. The fourth-order valence-corrected chi connectivity index (χ4v) is 4.76. The van der Waals surface area contributed by atoms with Gasteiger partial charge in [0.1, 0.15) is 6.04 Å². The third-order valence-electron chi connectivity index (χ3n) is 6.92. The van der Waals surface area contributed by atoms with Crippen molar-refractivity contribution in [1.82, 2.24) is 10.2 Å². The molecule has 4 nitrogen and oxygen atoms in total. The average Bonchev–Trinajstić information content (AvgIpc) is 2.93. The number of hydrogen-bond donors (Lipinski definition) is 1. The number of fused-ring (bicyclic) bond motifs is 1. The number of rotatable bonds is 11. The molecule has 38 heavy (non-hydrogen) atoms. The Morgan fingerprint density at radius 3 is 2.21 bits per heavy atom. The summed E-state index contributed by atoms with van der Waals surface area (Å²) in [4.78, 5) is 29.3. The first-order chi connectivity index (χ1) is 18.4. The van der Waals surface area contributed by atoms with Crippen molar-refractivity contribution < 1.29 is 9.59 Å². The van der Waals surface area contributed by atoms with E-state index in [4.69, 9.17) is 0 Å². The topological polar surface area (TPSA) is 49.4 Å². The maximum absolute atomic E-state index is 13.9. The summed E-state index contributed by atoms with van der Waals surface area (Å²) in [5.74, 6) is 0.205. The lowest BCUT2D eigenvalue weighted by atomic mass is 9.99. The van der Waals surface area contributed by atoms with Gasteiger partial charge in [-0.25, -0.2) is 0 Å². The number of hydrogen-bond acceptors (Lipinski definition) is 2. The Morgan fingerprint density at radius 1 is 0.789 bits per heavy atom. The van der Waals surface area contributed by atoms with Crippen LogP contribution in [0.2, 0.25) is 0 Å². The lowest BCUT2D eigenvalue weighted by molar-refractivity contribution is -0.141. The number of benzene rings is 4. The predicted molar refractivity (Wildman–Crippen MR) is 156 cm³/mol. The molecule has 0 radical (unpaired) electrons. The number of nitrogens with zero attached hydrogens (tertiary/aromatic N) is 1. The molecule has 4 rings (SSSR count). The molecule has 0 aliphatic rings. The van der Waals surface area contributed by atoms with Crippen LogP contribution in [0, 0.1) is 12.8 Å². The van der Waals surface area contributed by atoms with Crippen molar-refractivity contribution in [1.29, 1.82) is 0 Å². The first-order valence-electron chi connectivity index (χ1n) is 13.5. The van der Waals surface area contributed by atoms with E-state index in [1.54, 1.807) is 4.90 Å². The summed E-state index contributed by atoms with van der Waals surface area (Å²) < 4.78 is 0. The van der Waals surface area contributed by atoms with E-state index in [0.29, 0.717) is 38.3 Å². The Kier molecular flexibility index (Phi) is 9.31. The van der Waals surface area contributed by atoms with Crippen LogP contribution in [0.25, 0.3) is 10.8 Å². The highest BCUT2D eigenvalue weighted by Crippen LogP contribution is 2.22. The zero-order valence-corrected chi connectivity index (χ0v) is 22.7. The van der Waals surface area contributed by atoms with E-state index in [1.165, 1.54) is 10.8 Å². The molecule has 4 aromatic carbocycles. The van der Waals surface area contributed by atoms with Gasteiger partial charge in [-0.2, -0.15) is 0 Å². The molecule has 196 valence electrons. The molecule has 0 unspecified atom stereocenters. The molecule has 0 heterocycles. The fourth-order valence-electron chi connectivity index (χ4n) is 4.76. The van der Waals surface area contributed by atoms with Gasteiger partial charge in [-0.3, -0.25) is 9.59 Å². The summed E-state index contributed by atoms with van der Waals surface area (Å²) >= 11 is 0. The summed E-state index contributed by atoms with van der Waals surface area (Å²) in [6.07, 6.45) is 1.43. The van der Waals surface area contributed by atoms with Crippen molar-refractivity contribution in [2.75, 3.05) is 6.54 Å². The second-order valence-electron chi connectivity index (χ2n) is 10.5. The first kappa shape index (κ1) is 27.1. The molecule has 1 atom stereocenters. The third kappa shape index (κ3) is 7.32. The molecule has 0 fully saturated rings. The quantitative estimate of drug-likeness (QED) is 0.253. The normalized spacial score (nSPS) is 11.9. The van der Waals surface area contributed by atoms with Crippen molar-refractivity contribution in [3.63, 3.8) is 0 Å². The van der Waals surface area contributed by atoms with Gasteiger partial charge < -0.3 is 10.2 Å². The van der Waals surface area contributed by atoms with Crippen LogP contribution in [0.4, 0.5) is 0 Å². The van der Waals surface area contributed by atoms with Gasteiger partial charge in [0.15, 0.2) is 0 Å². The van der Waals surface area contributed by atoms with Gasteiger partial charge in [0.05, 0.1) is 0 Å². The lowest BCUT2D eigenvalue weighted by Gasteiger charge is -2.32. The number of carbonyl (C=O) groups is 2. The fraction of sp³-hybridized carbons (Fsp3) is 0.294. The van der Waals surface area contributed by atoms with Crippen molar-refractivity contribution in [2.24, 2.45) is 5.92 Å². The van der Waals surface area contributed by atoms with Crippen molar-refractivity contribution in [3.05, 3.63) is 119 Å². The van der Waals surface area contributed by atoms with Gasteiger partial charge in [0.25, 0.3) is 0 Å². The average molecular weight is 507 g/mol. The van der Waals surface area contributed by atoms with E-state index in [9.17, 15) is 9.59 Å². The van der Waals surface area contributed by atoms with E-state index in [-0.39, 0.29) is 11.8 Å². The molecule has 0 aliphatic heterocycles. The van der Waals surface area contributed by atoms with Crippen molar-refractivity contribution >= 4 is 22.6 Å². The van der Waals surface area contributed by atoms with Gasteiger partial charge >= 0.3 is 0 Å². The summed E-state index contributed by atoms with van der Waals surface area (Å²) in [5, 5.41) is 5.44. The molecule has 0 bridgehead atoms. The largest absolute Gasteiger partial charge is 0.354 e. The van der Waals surface area contributed by atoms with E-state index >= 15 is 0 Å². The van der Waals surface area contributed by atoms with Crippen LogP contribution in [0.15, 0.2) is 97.1 Å². The Balaban J connectivity index is 1.63. The van der Waals surface area contributed by atoms with E-state index in [2.05, 4.69) is 62.5 Å². The van der Waals surface area contributed by atoms with Gasteiger partial charge in [-0.1, -0.05) is 116 Å².